The number of hydrogen-bond acceptors (Lipinski definition) is 4. The van der Waals surface area contributed by atoms with E-state index in [1.54, 1.807) is 0 Å². The largest absolute Gasteiger partial charge is 0.469 e. The fourth-order valence-corrected chi connectivity index (χ4v) is 1.19. The van der Waals surface area contributed by atoms with Crippen LogP contribution in [0.15, 0.2) is 12.3 Å². The molecule has 0 spiro atoms. The van der Waals surface area contributed by atoms with E-state index in [4.69, 9.17) is 11.6 Å². The molecule has 1 rings (SSSR count). The van der Waals surface area contributed by atoms with Crippen molar-refractivity contribution >= 4 is 17.6 Å². The lowest BCUT2D eigenvalue weighted by Gasteiger charge is -2.09. The molecule has 0 saturated heterocycles. The summed E-state index contributed by atoms with van der Waals surface area (Å²) in [5, 5.41) is 9.68. The van der Waals surface area contributed by atoms with Crippen LogP contribution in [0.3, 0.4) is 0 Å². The van der Waals surface area contributed by atoms with Gasteiger partial charge in [-0.2, -0.15) is 4.39 Å². The number of methoxy groups -OCH3 is 1. The molecule has 1 heterocycles. The number of hydrogen-bond donors (Lipinski definition) is 1. The lowest BCUT2D eigenvalue weighted by Crippen LogP contribution is -2.10. The molecule has 0 radical (unpaired) electrons. The Kier molecular flexibility index (Phi) is 3.99. The van der Waals surface area contributed by atoms with Gasteiger partial charge in [0.15, 0.2) is 0 Å². The maximum atomic E-state index is 13.1. The third kappa shape index (κ3) is 3.14. The van der Waals surface area contributed by atoms with Crippen LogP contribution in [0.4, 0.5) is 4.39 Å². The molecule has 0 bridgehead atoms. The van der Waals surface area contributed by atoms with Crippen LogP contribution in [0.2, 0.25) is 5.02 Å². The third-order valence-electron chi connectivity index (χ3n) is 1.78. The van der Waals surface area contributed by atoms with Crippen LogP contribution in [0, 0.1) is 5.95 Å². The Morgan fingerprint density at radius 1 is 1.80 bits per heavy atom. The molecule has 1 N–H and O–H groups in total. The van der Waals surface area contributed by atoms with Crippen LogP contribution in [0.5, 0.6) is 0 Å². The molecule has 1 atom stereocenters. The fourth-order valence-electron chi connectivity index (χ4n) is 1.02. The van der Waals surface area contributed by atoms with E-state index in [0.29, 0.717) is 0 Å². The summed E-state index contributed by atoms with van der Waals surface area (Å²) in [6.45, 7) is 0. The normalized spacial score (nSPS) is 12.3. The Bertz CT molecular complexity index is 372. The first-order chi connectivity index (χ1) is 7.04. The van der Waals surface area contributed by atoms with Crippen molar-refractivity contribution in [3.63, 3.8) is 0 Å². The van der Waals surface area contributed by atoms with Crippen LogP contribution in [0.1, 0.15) is 18.1 Å². The van der Waals surface area contributed by atoms with Gasteiger partial charge in [0.25, 0.3) is 0 Å². The number of rotatable bonds is 3. The third-order valence-corrected chi connectivity index (χ3v) is 1.99. The molecule has 0 aliphatic rings. The second kappa shape index (κ2) is 5.04. The van der Waals surface area contributed by atoms with E-state index in [2.05, 4.69) is 9.72 Å². The highest BCUT2D eigenvalue weighted by Gasteiger charge is 2.18. The molecule has 0 unspecified atom stereocenters. The SMILES string of the molecule is COC(=O)C[C@@H](O)c1cc(Cl)cnc1F. The minimum atomic E-state index is -1.30. The van der Waals surface area contributed by atoms with Crippen LogP contribution >= 0.6 is 11.6 Å². The standard InChI is InChI=1S/C9H9ClFNO3/c1-15-8(14)3-7(13)6-2-5(10)4-12-9(6)11/h2,4,7,13H,3H2,1H3/t7-/m1/s1. The summed E-state index contributed by atoms with van der Waals surface area (Å²) in [6, 6.07) is 1.22. The van der Waals surface area contributed by atoms with Crippen molar-refractivity contribution in [3.8, 4) is 0 Å². The highest BCUT2D eigenvalue weighted by Crippen LogP contribution is 2.22. The predicted molar refractivity (Wildman–Crippen MR) is 50.8 cm³/mol. The number of halogens is 2. The number of carbonyl (C=O) groups excluding carboxylic acids is 1. The fraction of sp³-hybridized carbons (Fsp3) is 0.333. The molecule has 0 saturated carbocycles. The van der Waals surface area contributed by atoms with Crippen molar-refractivity contribution in [3.05, 3.63) is 28.8 Å². The molecule has 6 heteroatoms. The Hall–Kier alpha value is -1.20. The first-order valence-corrected chi connectivity index (χ1v) is 4.48. The number of nitrogens with zero attached hydrogens (tertiary/aromatic N) is 1. The number of ether oxygens (including phenoxy) is 1. The topological polar surface area (TPSA) is 59.4 Å². The number of aromatic nitrogens is 1. The Morgan fingerprint density at radius 2 is 2.47 bits per heavy atom. The highest BCUT2D eigenvalue weighted by molar-refractivity contribution is 6.30. The molecule has 0 fully saturated rings. The molecule has 1 aromatic heterocycles. The van der Waals surface area contributed by atoms with Gasteiger partial charge < -0.3 is 9.84 Å². The minimum Gasteiger partial charge on any atom is -0.469 e. The van der Waals surface area contributed by atoms with Crippen molar-refractivity contribution in [1.29, 1.82) is 0 Å². The molecule has 0 aliphatic carbocycles. The van der Waals surface area contributed by atoms with E-state index in [9.17, 15) is 14.3 Å². The lowest BCUT2D eigenvalue weighted by atomic mass is 10.1. The van der Waals surface area contributed by atoms with Crippen LogP contribution in [-0.2, 0) is 9.53 Å². The van der Waals surface area contributed by atoms with Crippen molar-refractivity contribution in [2.75, 3.05) is 7.11 Å². The van der Waals surface area contributed by atoms with Gasteiger partial charge in [-0.05, 0) is 6.07 Å². The van der Waals surface area contributed by atoms with Crippen LogP contribution in [-0.4, -0.2) is 23.2 Å². The lowest BCUT2D eigenvalue weighted by molar-refractivity contribution is -0.142. The van der Waals surface area contributed by atoms with E-state index in [0.717, 1.165) is 6.20 Å². The summed E-state index contributed by atoms with van der Waals surface area (Å²) in [7, 11) is 1.18. The molecular weight excluding hydrogens is 225 g/mol. The number of aliphatic hydroxyl groups is 1. The van der Waals surface area contributed by atoms with Gasteiger partial charge in [-0.15, -0.1) is 0 Å². The predicted octanol–water partition coefficient (Wildman–Crippen LogP) is 1.47. The Balaban J connectivity index is 2.85. The number of carbonyl (C=O) groups is 1. The van der Waals surface area contributed by atoms with E-state index in [1.165, 1.54) is 13.2 Å². The van der Waals surface area contributed by atoms with Crippen molar-refractivity contribution < 1.29 is 19.0 Å². The zero-order valence-electron chi connectivity index (χ0n) is 7.91. The number of pyridine rings is 1. The van der Waals surface area contributed by atoms with Gasteiger partial charge in [0.05, 0.1) is 24.7 Å². The molecule has 0 aromatic carbocycles. The molecule has 15 heavy (non-hydrogen) atoms. The number of esters is 1. The van der Waals surface area contributed by atoms with Crippen molar-refractivity contribution in [1.82, 2.24) is 4.98 Å². The quantitative estimate of drug-likeness (QED) is 0.635. The maximum absolute atomic E-state index is 13.1. The second-order valence-electron chi connectivity index (χ2n) is 2.83. The summed E-state index contributed by atoms with van der Waals surface area (Å²) in [6.07, 6.45) is -0.524. The average molecular weight is 234 g/mol. The monoisotopic (exact) mass is 233 g/mol. The molecular formula is C9H9ClFNO3. The first kappa shape index (κ1) is 11.9. The Morgan fingerprint density at radius 3 is 3.07 bits per heavy atom. The molecule has 0 amide bonds. The zero-order valence-corrected chi connectivity index (χ0v) is 8.66. The van der Waals surface area contributed by atoms with Gasteiger partial charge in [-0.1, -0.05) is 11.6 Å². The van der Waals surface area contributed by atoms with Crippen molar-refractivity contribution in [2.45, 2.75) is 12.5 Å². The Labute approximate surface area is 90.6 Å². The minimum absolute atomic E-state index is 0.118. The summed E-state index contributed by atoms with van der Waals surface area (Å²) >= 11 is 5.57. The van der Waals surface area contributed by atoms with Gasteiger partial charge in [0.2, 0.25) is 5.95 Å². The molecule has 0 aliphatic heterocycles. The molecule has 82 valence electrons. The van der Waals surface area contributed by atoms with Gasteiger partial charge in [-0.25, -0.2) is 4.98 Å². The molecule has 1 aromatic rings. The average Bonchev–Trinajstić information content (AvgIpc) is 2.21. The summed E-state index contributed by atoms with van der Waals surface area (Å²) in [5.74, 6) is -1.49. The van der Waals surface area contributed by atoms with Gasteiger partial charge >= 0.3 is 5.97 Å². The maximum Gasteiger partial charge on any atom is 0.308 e. The van der Waals surface area contributed by atoms with E-state index >= 15 is 0 Å². The molecule has 4 nitrogen and oxygen atoms in total. The van der Waals surface area contributed by atoms with Gasteiger partial charge in [0.1, 0.15) is 0 Å². The van der Waals surface area contributed by atoms with Gasteiger partial charge in [-0.3, -0.25) is 4.79 Å². The second-order valence-corrected chi connectivity index (χ2v) is 3.27. The van der Waals surface area contributed by atoms with E-state index in [1.807, 2.05) is 0 Å². The van der Waals surface area contributed by atoms with Crippen LogP contribution in [0.25, 0.3) is 0 Å². The van der Waals surface area contributed by atoms with E-state index < -0.39 is 18.0 Å². The summed E-state index contributed by atoms with van der Waals surface area (Å²) in [5.41, 5.74) is -0.118. The van der Waals surface area contributed by atoms with Crippen molar-refractivity contribution in [2.24, 2.45) is 0 Å². The summed E-state index contributed by atoms with van der Waals surface area (Å²) < 4.78 is 17.4. The number of aliphatic hydroxyl groups excluding tert-OH is 1. The van der Waals surface area contributed by atoms with E-state index in [-0.39, 0.29) is 17.0 Å². The smallest absolute Gasteiger partial charge is 0.308 e. The first-order valence-electron chi connectivity index (χ1n) is 4.10. The summed E-state index contributed by atoms with van der Waals surface area (Å²) in [4.78, 5) is 14.2. The van der Waals surface area contributed by atoms with Crippen LogP contribution < -0.4 is 0 Å². The highest BCUT2D eigenvalue weighted by atomic mass is 35.5. The zero-order chi connectivity index (χ0) is 11.4. The van der Waals surface area contributed by atoms with Gasteiger partial charge in [0, 0.05) is 11.8 Å².